The van der Waals surface area contributed by atoms with E-state index >= 15 is 0 Å². The van der Waals surface area contributed by atoms with E-state index in [0.29, 0.717) is 15.6 Å². The molecule has 0 saturated carbocycles. The van der Waals surface area contributed by atoms with E-state index in [1.807, 2.05) is 0 Å². The lowest BCUT2D eigenvalue weighted by atomic mass is 10.3. The van der Waals surface area contributed by atoms with Gasteiger partial charge in [0, 0.05) is 11.8 Å². The fourth-order valence-corrected chi connectivity index (χ4v) is 2.58. The van der Waals surface area contributed by atoms with Crippen molar-refractivity contribution in [1.29, 1.82) is 0 Å². The van der Waals surface area contributed by atoms with Gasteiger partial charge in [-0.3, -0.25) is 0 Å². The SMILES string of the molecule is COc1ccc(-n2c(=O)n(Cl)c(=O)n(-c3ccc(OC)cc3)c2=O)cc1. The van der Waals surface area contributed by atoms with Gasteiger partial charge in [-0.2, -0.15) is 0 Å². The minimum Gasteiger partial charge on any atom is -0.497 e. The second-order valence-corrected chi connectivity index (χ2v) is 5.53. The standard InChI is InChI=1S/C17H14ClN3O5/c1-25-13-7-3-11(4-8-13)19-15(22)20(17(24)21(18)16(19)23)12-5-9-14(26-2)10-6-12/h3-10H,1-2H3. The maximum absolute atomic E-state index is 12.9. The minimum atomic E-state index is -0.961. The van der Waals surface area contributed by atoms with Gasteiger partial charge in [-0.1, -0.05) is 0 Å². The van der Waals surface area contributed by atoms with Gasteiger partial charge < -0.3 is 9.47 Å². The Balaban J connectivity index is 2.29. The van der Waals surface area contributed by atoms with Gasteiger partial charge in [0.2, 0.25) is 0 Å². The van der Waals surface area contributed by atoms with Gasteiger partial charge in [0.1, 0.15) is 11.5 Å². The molecule has 0 amide bonds. The molecule has 0 spiro atoms. The Bertz CT molecular complexity index is 1030. The number of hydrogen-bond acceptors (Lipinski definition) is 5. The van der Waals surface area contributed by atoms with Crippen LogP contribution < -0.4 is 26.5 Å². The number of nitrogens with zero attached hydrogens (tertiary/aromatic N) is 3. The lowest BCUT2D eigenvalue weighted by Crippen LogP contribution is -2.51. The molecule has 0 unspecified atom stereocenters. The molecular weight excluding hydrogens is 362 g/mol. The van der Waals surface area contributed by atoms with Crippen LogP contribution in [0.1, 0.15) is 0 Å². The second-order valence-electron chi connectivity index (χ2n) is 5.20. The molecule has 1 aromatic heterocycles. The highest BCUT2D eigenvalue weighted by Gasteiger charge is 2.17. The van der Waals surface area contributed by atoms with Crippen LogP contribution in [0.5, 0.6) is 11.5 Å². The van der Waals surface area contributed by atoms with Crippen LogP contribution in [0.4, 0.5) is 0 Å². The summed E-state index contributed by atoms with van der Waals surface area (Å²) in [7, 11) is 2.99. The highest BCUT2D eigenvalue weighted by Crippen LogP contribution is 2.14. The Labute approximate surface area is 152 Å². The van der Waals surface area contributed by atoms with Crippen molar-refractivity contribution in [2.24, 2.45) is 0 Å². The van der Waals surface area contributed by atoms with Crippen LogP contribution >= 0.6 is 11.8 Å². The molecule has 0 atom stereocenters. The van der Waals surface area contributed by atoms with E-state index in [4.69, 9.17) is 21.3 Å². The van der Waals surface area contributed by atoms with Crippen LogP contribution in [0, 0.1) is 0 Å². The fraction of sp³-hybridized carbons (Fsp3) is 0.118. The Hall–Kier alpha value is -3.26. The number of benzene rings is 2. The van der Waals surface area contributed by atoms with Gasteiger partial charge in [0.15, 0.2) is 0 Å². The lowest BCUT2D eigenvalue weighted by Gasteiger charge is -2.11. The molecule has 8 nitrogen and oxygen atoms in total. The summed E-state index contributed by atoms with van der Waals surface area (Å²) in [4.78, 5) is 37.6. The van der Waals surface area contributed by atoms with Gasteiger partial charge in [0.25, 0.3) is 0 Å². The van der Waals surface area contributed by atoms with E-state index in [2.05, 4.69) is 0 Å². The van der Waals surface area contributed by atoms with Crippen molar-refractivity contribution >= 4 is 11.8 Å². The monoisotopic (exact) mass is 375 g/mol. The first-order valence-corrected chi connectivity index (χ1v) is 7.78. The first kappa shape index (κ1) is 17.6. The van der Waals surface area contributed by atoms with Crippen molar-refractivity contribution in [1.82, 2.24) is 13.2 Å². The fourth-order valence-electron chi connectivity index (χ4n) is 2.43. The Morgan fingerprint density at radius 1 is 0.654 bits per heavy atom. The summed E-state index contributed by atoms with van der Waals surface area (Å²) in [6.07, 6.45) is 0. The van der Waals surface area contributed by atoms with E-state index in [-0.39, 0.29) is 11.4 Å². The molecule has 0 aliphatic carbocycles. The number of aromatic nitrogens is 3. The Kier molecular flexibility index (Phi) is 4.68. The van der Waals surface area contributed by atoms with E-state index in [9.17, 15) is 14.4 Å². The molecule has 134 valence electrons. The van der Waals surface area contributed by atoms with Gasteiger partial charge in [-0.25, -0.2) is 23.5 Å². The van der Waals surface area contributed by atoms with E-state index in [0.717, 1.165) is 9.13 Å². The van der Waals surface area contributed by atoms with E-state index < -0.39 is 17.1 Å². The summed E-state index contributed by atoms with van der Waals surface area (Å²) in [6, 6.07) is 12.4. The van der Waals surface area contributed by atoms with Crippen LogP contribution in [-0.2, 0) is 0 Å². The van der Waals surface area contributed by atoms with Gasteiger partial charge in [0.05, 0.1) is 25.6 Å². The molecule has 0 aliphatic heterocycles. The molecule has 0 radical (unpaired) electrons. The average Bonchev–Trinajstić information content (AvgIpc) is 2.67. The summed E-state index contributed by atoms with van der Waals surface area (Å²) in [5, 5.41) is 0. The summed E-state index contributed by atoms with van der Waals surface area (Å²) in [5.41, 5.74) is -2.27. The predicted octanol–water partition coefficient (Wildman–Crippen LogP) is 1.17. The summed E-state index contributed by atoms with van der Waals surface area (Å²) < 4.78 is 12.1. The summed E-state index contributed by atoms with van der Waals surface area (Å²) in [6.45, 7) is 0. The molecule has 3 rings (SSSR count). The molecule has 0 bridgehead atoms. The number of methoxy groups -OCH3 is 2. The van der Waals surface area contributed by atoms with Gasteiger partial charge in [-0.15, -0.1) is 4.09 Å². The maximum Gasteiger partial charge on any atom is 0.356 e. The third kappa shape index (κ3) is 2.91. The zero-order chi connectivity index (χ0) is 18.8. The predicted molar refractivity (Wildman–Crippen MR) is 96.3 cm³/mol. The maximum atomic E-state index is 12.9. The summed E-state index contributed by atoms with van der Waals surface area (Å²) in [5.74, 6) is 1.10. The van der Waals surface area contributed by atoms with Crippen molar-refractivity contribution in [3.63, 3.8) is 0 Å². The highest BCUT2D eigenvalue weighted by molar-refractivity contribution is 6.15. The smallest absolute Gasteiger partial charge is 0.356 e. The van der Waals surface area contributed by atoms with Crippen LogP contribution in [0.15, 0.2) is 62.9 Å². The first-order chi connectivity index (χ1) is 12.5. The molecule has 26 heavy (non-hydrogen) atoms. The van der Waals surface area contributed by atoms with Crippen LogP contribution in [0.25, 0.3) is 11.4 Å². The molecule has 9 heteroatoms. The molecule has 0 saturated heterocycles. The van der Waals surface area contributed by atoms with Crippen LogP contribution in [0.3, 0.4) is 0 Å². The Morgan fingerprint density at radius 3 is 1.31 bits per heavy atom. The van der Waals surface area contributed by atoms with E-state index in [1.54, 1.807) is 24.3 Å². The number of ether oxygens (including phenoxy) is 2. The average molecular weight is 376 g/mol. The molecule has 0 aliphatic rings. The third-order valence-electron chi connectivity index (χ3n) is 3.76. The molecule has 3 aromatic rings. The zero-order valence-electron chi connectivity index (χ0n) is 13.9. The van der Waals surface area contributed by atoms with Crippen molar-refractivity contribution in [3.8, 4) is 22.9 Å². The Morgan fingerprint density at radius 2 is 1.00 bits per heavy atom. The van der Waals surface area contributed by atoms with Crippen molar-refractivity contribution in [2.45, 2.75) is 0 Å². The zero-order valence-corrected chi connectivity index (χ0v) is 14.6. The molecule has 1 heterocycles. The largest absolute Gasteiger partial charge is 0.497 e. The van der Waals surface area contributed by atoms with Crippen molar-refractivity contribution in [3.05, 3.63) is 80.0 Å². The summed E-state index contributed by atoms with van der Waals surface area (Å²) >= 11 is 5.84. The first-order valence-electron chi connectivity index (χ1n) is 7.44. The molecule has 2 aromatic carbocycles. The number of halogens is 1. The number of rotatable bonds is 4. The van der Waals surface area contributed by atoms with Gasteiger partial charge >= 0.3 is 17.1 Å². The van der Waals surface area contributed by atoms with Gasteiger partial charge in [-0.05, 0) is 48.5 Å². The quantitative estimate of drug-likeness (QED) is 0.683. The number of hydrogen-bond donors (Lipinski definition) is 0. The highest BCUT2D eigenvalue weighted by atomic mass is 35.5. The third-order valence-corrected chi connectivity index (χ3v) is 4.05. The van der Waals surface area contributed by atoms with Crippen LogP contribution in [-0.4, -0.2) is 27.4 Å². The second kappa shape index (κ2) is 6.93. The molecule has 0 fully saturated rings. The molecule has 0 N–H and O–H groups in total. The van der Waals surface area contributed by atoms with Crippen molar-refractivity contribution < 1.29 is 9.47 Å². The lowest BCUT2D eigenvalue weighted by molar-refractivity contribution is 0.414. The topological polar surface area (TPSA) is 84.5 Å². The minimum absolute atomic E-state index is 0.248. The van der Waals surface area contributed by atoms with Crippen LogP contribution in [0.2, 0.25) is 0 Å². The molecular formula is C17H14ClN3O5. The normalized spacial score (nSPS) is 10.6. The van der Waals surface area contributed by atoms with Crippen molar-refractivity contribution in [2.75, 3.05) is 14.2 Å². The van der Waals surface area contributed by atoms with E-state index in [1.165, 1.54) is 38.5 Å².